The third kappa shape index (κ3) is 3.22. The van der Waals surface area contributed by atoms with Crippen LogP contribution >= 0.6 is 0 Å². The molecule has 1 aromatic heterocycles. The maximum Gasteiger partial charge on any atom is 0.0803 e. The van der Waals surface area contributed by atoms with Crippen molar-refractivity contribution in [3.8, 4) is 5.69 Å². The SMILES string of the molecule is CCCc1c([Si](C)(C)C)c(CCC)n(-c2ccccc2)c1C. The van der Waals surface area contributed by atoms with Crippen LogP contribution in [-0.4, -0.2) is 12.6 Å². The highest BCUT2D eigenvalue weighted by molar-refractivity contribution is 6.89. The summed E-state index contributed by atoms with van der Waals surface area (Å²) >= 11 is 0. The van der Waals surface area contributed by atoms with Crippen molar-refractivity contribution < 1.29 is 0 Å². The van der Waals surface area contributed by atoms with Gasteiger partial charge in [0.1, 0.15) is 0 Å². The molecule has 0 fully saturated rings. The van der Waals surface area contributed by atoms with Crippen molar-refractivity contribution >= 4 is 13.3 Å². The Bertz CT molecular complexity index is 617. The van der Waals surface area contributed by atoms with Crippen LogP contribution < -0.4 is 5.19 Å². The summed E-state index contributed by atoms with van der Waals surface area (Å²) in [5.74, 6) is 0. The molecule has 120 valence electrons. The molecule has 0 aliphatic rings. The second-order valence-corrected chi connectivity index (χ2v) is 12.3. The Balaban J connectivity index is 2.77. The zero-order chi connectivity index (χ0) is 16.3. The molecular weight excluding hydrogens is 282 g/mol. The molecule has 0 saturated heterocycles. The number of benzene rings is 1. The molecule has 0 atom stereocenters. The van der Waals surface area contributed by atoms with Gasteiger partial charge >= 0.3 is 0 Å². The fraction of sp³-hybridized carbons (Fsp3) is 0.500. The monoisotopic (exact) mass is 313 g/mol. The van der Waals surface area contributed by atoms with Gasteiger partial charge in [0.2, 0.25) is 0 Å². The van der Waals surface area contributed by atoms with Crippen molar-refractivity contribution in [2.45, 2.75) is 66.1 Å². The minimum atomic E-state index is -1.36. The van der Waals surface area contributed by atoms with E-state index in [1.54, 1.807) is 16.4 Å². The average Bonchev–Trinajstić information content (AvgIpc) is 2.73. The molecule has 22 heavy (non-hydrogen) atoms. The molecule has 0 spiro atoms. The summed E-state index contributed by atoms with van der Waals surface area (Å²) in [6.07, 6.45) is 4.82. The first-order valence-corrected chi connectivity index (χ1v) is 12.2. The third-order valence-electron chi connectivity index (χ3n) is 4.38. The topological polar surface area (TPSA) is 4.93 Å². The van der Waals surface area contributed by atoms with Gasteiger partial charge in [0.15, 0.2) is 0 Å². The first kappa shape index (κ1) is 17.1. The summed E-state index contributed by atoms with van der Waals surface area (Å²) in [5.41, 5.74) is 6.00. The van der Waals surface area contributed by atoms with Crippen LogP contribution in [0, 0.1) is 6.92 Å². The minimum Gasteiger partial charge on any atom is -0.318 e. The van der Waals surface area contributed by atoms with Crippen molar-refractivity contribution in [3.05, 3.63) is 47.3 Å². The molecular formula is C20H31NSi. The van der Waals surface area contributed by atoms with E-state index >= 15 is 0 Å². The molecule has 2 aromatic rings. The van der Waals surface area contributed by atoms with Gasteiger partial charge in [-0.25, -0.2) is 0 Å². The molecule has 1 aromatic carbocycles. The van der Waals surface area contributed by atoms with Crippen molar-refractivity contribution in [3.63, 3.8) is 0 Å². The number of rotatable bonds is 6. The Hall–Kier alpha value is -1.28. The van der Waals surface area contributed by atoms with Crippen LogP contribution in [0.5, 0.6) is 0 Å². The smallest absolute Gasteiger partial charge is 0.0803 e. The Kier molecular flexibility index (Phi) is 5.33. The zero-order valence-electron chi connectivity index (χ0n) is 15.2. The van der Waals surface area contributed by atoms with E-state index in [1.165, 1.54) is 37.1 Å². The van der Waals surface area contributed by atoms with E-state index in [1.807, 2.05) is 0 Å². The molecule has 0 saturated carbocycles. The number of para-hydroxylation sites is 1. The predicted molar refractivity (Wildman–Crippen MR) is 101 cm³/mol. The summed E-state index contributed by atoms with van der Waals surface area (Å²) in [6.45, 7) is 14.4. The van der Waals surface area contributed by atoms with Crippen LogP contribution in [0.1, 0.15) is 43.6 Å². The quantitative estimate of drug-likeness (QED) is 0.643. The fourth-order valence-corrected chi connectivity index (χ4v) is 5.96. The highest BCUT2D eigenvalue weighted by atomic mass is 28.3. The standard InChI is InChI=1S/C20H31NSi/c1-7-12-18-16(3)21(17-14-10-9-11-15-17)19(13-8-2)20(18)22(4,5)6/h9-11,14-15H,7-8,12-13H2,1-6H3. The predicted octanol–water partition coefficient (Wildman–Crippen LogP) is 5.24. The molecule has 0 aliphatic carbocycles. The Labute approximate surface area is 137 Å². The van der Waals surface area contributed by atoms with Crippen LogP contribution in [0.15, 0.2) is 30.3 Å². The van der Waals surface area contributed by atoms with Gasteiger partial charge in [0, 0.05) is 17.1 Å². The highest BCUT2D eigenvalue weighted by Crippen LogP contribution is 2.25. The zero-order valence-corrected chi connectivity index (χ0v) is 16.2. The van der Waals surface area contributed by atoms with Crippen molar-refractivity contribution in [1.29, 1.82) is 0 Å². The lowest BCUT2D eigenvalue weighted by atomic mass is 10.1. The molecule has 0 unspecified atom stereocenters. The first-order chi connectivity index (χ1) is 10.4. The Morgan fingerprint density at radius 2 is 1.50 bits per heavy atom. The molecule has 0 amide bonds. The lowest BCUT2D eigenvalue weighted by molar-refractivity contribution is 0.829. The molecule has 0 bridgehead atoms. The van der Waals surface area contributed by atoms with Crippen LogP contribution in [-0.2, 0) is 12.8 Å². The highest BCUT2D eigenvalue weighted by Gasteiger charge is 2.29. The fourth-order valence-electron chi connectivity index (χ4n) is 3.65. The number of nitrogens with zero attached hydrogens (tertiary/aromatic N) is 1. The van der Waals surface area contributed by atoms with Gasteiger partial charge in [-0.05, 0) is 42.6 Å². The molecule has 0 N–H and O–H groups in total. The van der Waals surface area contributed by atoms with Gasteiger partial charge < -0.3 is 4.57 Å². The van der Waals surface area contributed by atoms with Crippen LogP contribution in [0.3, 0.4) is 0 Å². The van der Waals surface area contributed by atoms with E-state index in [4.69, 9.17) is 0 Å². The van der Waals surface area contributed by atoms with Gasteiger partial charge in [-0.1, -0.05) is 64.5 Å². The van der Waals surface area contributed by atoms with E-state index in [2.05, 4.69) is 75.3 Å². The summed E-state index contributed by atoms with van der Waals surface area (Å²) in [6, 6.07) is 10.9. The van der Waals surface area contributed by atoms with Gasteiger partial charge in [0.25, 0.3) is 0 Å². The molecule has 2 rings (SSSR count). The third-order valence-corrected chi connectivity index (χ3v) is 6.47. The largest absolute Gasteiger partial charge is 0.318 e. The normalized spacial score (nSPS) is 11.9. The first-order valence-electron chi connectivity index (χ1n) is 8.70. The van der Waals surface area contributed by atoms with Gasteiger partial charge in [-0.15, -0.1) is 0 Å². The van der Waals surface area contributed by atoms with E-state index in [0.29, 0.717) is 0 Å². The van der Waals surface area contributed by atoms with Crippen molar-refractivity contribution in [2.75, 3.05) is 0 Å². The average molecular weight is 314 g/mol. The lowest BCUT2D eigenvalue weighted by Crippen LogP contribution is -2.41. The van der Waals surface area contributed by atoms with E-state index < -0.39 is 8.07 Å². The van der Waals surface area contributed by atoms with E-state index in [-0.39, 0.29) is 0 Å². The second-order valence-electron chi connectivity index (χ2n) is 7.31. The second kappa shape index (κ2) is 6.87. The molecule has 1 nitrogen and oxygen atoms in total. The summed E-state index contributed by atoms with van der Waals surface area (Å²) < 4.78 is 2.54. The molecule has 1 heterocycles. The summed E-state index contributed by atoms with van der Waals surface area (Å²) in [5, 5.41) is 1.72. The summed E-state index contributed by atoms with van der Waals surface area (Å²) in [4.78, 5) is 0. The number of hydrogen-bond donors (Lipinski definition) is 0. The Morgan fingerprint density at radius 1 is 0.909 bits per heavy atom. The van der Waals surface area contributed by atoms with Crippen LogP contribution in [0.4, 0.5) is 0 Å². The maximum atomic E-state index is 2.54. The van der Waals surface area contributed by atoms with Crippen LogP contribution in [0.25, 0.3) is 5.69 Å². The molecule has 0 aliphatic heterocycles. The van der Waals surface area contributed by atoms with Crippen molar-refractivity contribution in [2.24, 2.45) is 0 Å². The van der Waals surface area contributed by atoms with Crippen molar-refractivity contribution in [1.82, 2.24) is 4.57 Å². The summed E-state index contributed by atoms with van der Waals surface area (Å²) in [7, 11) is -1.36. The molecule has 2 heteroatoms. The van der Waals surface area contributed by atoms with Gasteiger partial charge in [0.05, 0.1) is 8.07 Å². The lowest BCUT2D eigenvalue weighted by Gasteiger charge is -2.21. The number of hydrogen-bond acceptors (Lipinski definition) is 0. The van der Waals surface area contributed by atoms with Gasteiger partial charge in [-0.3, -0.25) is 0 Å². The number of aromatic nitrogens is 1. The Morgan fingerprint density at radius 3 is 2.00 bits per heavy atom. The minimum absolute atomic E-state index is 1.18. The van der Waals surface area contributed by atoms with E-state index in [0.717, 1.165) is 0 Å². The van der Waals surface area contributed by atoms with Gasteiger partial charge in [-0.2, -0.15) is 0 Å². The van der Waals surface area contributed by atoms with E-state index in [9.17, 15) is 0 Å². The maximum absolute atomic E-state index is 2.54. The molecule has 0 radical (unpaired) electrons. The van der Waals surface area contributed by atoms with Crippen LogP contribution in [0.2, 0.25) is 19.6 Å².